The van der Waals surface area contributed by atoms with Gasteiger partial charge in [-0.1, -0.05) is 31.2 Å². The lowest BCUT2D eigenvalue weighted by molar-refractivity contribution is 0.240. The zero-order valence-corrected chi connectivity index (χ0v) is 13.6. The molecule has 0 fully saturated rings. The Balaban J connectivity index is 1.66. The van der Waals surface area contributed by atoms with Crippen molar-refractivity contribution in [2.45, 2.75) is 32.9 Å². The average molecular weight is 318 g/mol. The first kappa shape index (κ1) is 16.5. The lowest BCUT2D eigenvalue weighted by Gasteiger charge is -2.07. The standard InChI is InChI=1S/C17H22N2O2S/c1-2-15-7-8-16(22-15)11-19-17(21)18-10-9-13-3-5-14(12-20)6-4-13/h3-8,20H,2,9-12H2,1H3,(H2,18,19,21). The minimum atomic E-state index is -0.140. The summed E-state index contributed by atoms with van der Waals surface area (Å²) in [6.45, 7) is 3.35. The van der Waals surface area contributed by atoms with Crippen LogP contribution in [0.1, 0.15) is 27.8 Å². The molecule has 1 heterocycles. The monoisotopic (exact) mass is 318 g/mol. The van der Waals surface area contributed by atoms with Gasteiger partial charge in [0.2, 0.25) is 0 Å². The maximum absolute atomic E-state index is 11.7. The number of thiophene rings is 1. The van der Waals surface area contributed by atoms with Gasteiger partial charge in [0, 0.05) is 16.3 Å². The quantitative estimate of drug-likeness (QED) is 0.735. The van der Waals surface area contributed by atoms with Gasteiger partial charge in [-0.05, 0) is 36.1 Å². The lowest BCUT2D eigenvalue weighted by atomic mass is 10.1. The van der Waals surface area contributed by atoms with Crippen LogP contribution in [0.25, 0.3) is 0 Å². The van der Waals surface area contributed by atoms with E-state index in [4.69, 9.17) is 5.11 Å². The molecule has 0 saturated carbocycles. The molecule has 118 valence electrons. The van der Waals surface area contributed by atoms with Gasteiger partial charge in [0.25, 0.3) is 0 Å². The van der Waals surface area contributed by atoms with E-state index >= 15 is 0 Å². The zero-order chi connectivity index (χ0) is 15.8. The third-order valence-corrected chi connectivity index (χ3v) is 4.62. The molecule has 0 aliphatic heterocycles. The van der Waals surface area contributed by atoms with Crippen molar-refractivity contribution in [3.05, 3.63) is 57.3 Å². The van der Waals surface area contributed by atoms with Crippen molar-refractivity contribution in [2.24, 2.45) is 0 Å². The van der Waals surface area contributed by atoms with Crippen molar-refractivity contribution < 1.29 is 9.90 Å². The minimum Gasteiger partial charge on any atom is -0.392 e. The Morgan fingerprint density at radius 3 is 2.36 bits per heavy atom. The van der Waals surface area contributed by atoms with Gasteiger partial charge in [0.15, 0.2) is 0 Å². The summed E-state index contributed by atoms with van der Waals surface area (Å²) in [6.07, 6.45) is 1.81. The Hall–Kier alpha value is -1.85. The SMILES string of the molecule is CCc1ccc(CNC(=O)NCCc2ccc(CO)cc2)s1. The summed E-state index contributed by atoms with van der Waals surface area (Å²) in [6, 6.07) is 11.8. The van der Waals surface area contributed by atoms with Crippen LogP contribution in [0.2, 0.25) is 0 Å². The number of urea groups is 1. The molecule has 0 atom stereocenters. The van der Waals surface area contributed by atoms with Crippen LogP contribution in [0, 0.1) is 0 Å². The predicted octanol–water partition coefficient (Wildman–Crippen LogP) is 2.84. The first-order valence-corrected chi connectivity index (χ1v) is 8.31. The summed E-state index contributed by atoms with van der Waals surface area (Å²) in [7, 11) is 0. The van der Waals surface area contributed by atoms with Crippen LogP contribution in [-0.4, -0.2) is 17.7 Å². The molecule has 0 bridgehead atoms. The molecule has 0 aliphatic rings. The number of aryl methyl sites for hydroxylation is 1. The summed E-state index contributed by atoms with van der Waals surface area (Å²) < 4.78 is 0. The van der Waals surface area contributed by atoms with Crippen molar-refractivity contribution in [2.75, 3.05) is 6.54 Å². The Morgan fingerprint density at radius 2 is 1.73 bits per heavy atom. The first-order chi connectivity index (χ1) is 10.7. The van der Waals surface area contributed by atoms with Crippen LogP contribution in [0.4, 0.5) is 4.79 Å². The Morgan fingerprint density at radius 1 is 1.05 bits per heavy atom. The van der Waals surface area contributed by atoms with Gasteiger partial charge in [-0.3, -0.25) is 0 Å². The van der Waals surface area contributed by atoms with Crippen LogP contribution in [-0.2, 0) is 26.0 Å². The third kappa shape index (κ3) is 5.16. The van der Waals surface area contributed by atoms with E-state index in [0.717, 1.165) is 24.0 Å². The molecular formula is C17H22N2O2S. The van der Waals surface area contributed by atoms with E-state index in [2.05, 4.69) is 29.7 Å². The fraction of sp³-hybridized carbons (Fsp3) is 0.353. The second-order valence-electron chi connectivity index (χ2n) is 5.06. The summed E-state index contributed by atoms with van der Waals surface area (Å²) in [5.41, 5.74) is 2.04. The van der Waals surface area contributed by atoms with Crippen LogP contribution >= 0.6 is 11.3 Å². The summed E-state index contributed by atoms with van der Waals surface area (Å²) in [5, 5.41) is 14.7. The summed E-state index contributed by atoms with van der Waals surface area (Å²) in [4.78, 5) is 14.2. The van der Waals surface area contributed by atoms with Gasteiger partial charge >= 0.3 is 6.03 Å². The number of hydrogen-bond donors (Lipinski definition) is 3. The number of carbonyl (C=O) groups excluding carboxylic acids is 1. The molecule has 5 heteroatoms. The number of carbonyl (C=O) groups is 1. The molecule has 2 rings (SSSR count). The van der Waals surface area contributed by atoms with Crippen molar-refractivity contribution in [3.63, 3.8) is 0 Å². The van der Waals surface area contributed by atoms with E-state index in [0.29, 0.717) is 13.1 Å². The third-order valence-electron chi connectivity index (χ3n) is 3.39. The van der Waals surface area contributed by atoms with Crippen molar-refractivity contribution in [3.8, 4) is 0 Å². The molecule has 22 heavy (non-hydrogen) atoms. The largest absolute Gasteiger partial charge is 0.392 e. The number of amides is 2. The van der Waals surface area contributed by atoms with E-state index in [-0.39, 0.29) is 12.6 Å². The van der Waals surface area contributed by atoms with Crippen LogP contribution in [0.5, 0.6) is 0 Å². The van der Waals surface area contributed by atoms with Crippen LogP contribution in [0.15, 0.2) is 36.4 Å². The van der Waals surface area contributed by atoms with Crippen molar-refractivity contribution in [1.82, 2.24) is 10.6 Å². The molecule has 1 aromatic carbocycles. The fourth-order valence-electron chi connectivity index (χ4n) is 2.07. The van der Waals surface area contributed by atoms with E-state index in [1.807, 2.05) is 24.3 Å². The Bertz CT molecular complexity index is 593. The molecule has 0 saturated heterocycles. The second-order valence-corrected chi connectivity index (χ2v) is 6.31. The highest BCUT2D eigenvalue weighted by molar-refractivity contribution is 7.11. The van der Waals surface area contributed by atoms with E-state index in [1.54, 1.807) is 11.3 Å². The highest BCUT2D eigenvalue weighted by Crippen LogP contribution is 2.16. The maximum atomic E-state index is 11.7. The number of benzene rings is 1. The zero-order valence-electron chi connectivity index (χ0n) is 12.8. The molecule has 2 amide bonds. The van der Waals surface area contributed by atoms with Gasteiger partial charge in [-0.25, -0.2) is 4.79 Å². The first-order valence-electron chi connectivity index (χ1n) is 7.49. The number of hydrogen-bond acceptors (Lipinski definition) is 3. The fourth-order valence-corrected chi connectivity index (χ4v) is 2.97. The number of aliphatic hydroxyl groups is 1. The van der Waals surface area contributed by atoms with Crippen LogP contribution in [0.3, 0.4) is 0 Å². The van der Waals surface area contributed by atoms with E-state index in [1.165, 1.54) is 9.75 Å². The van der Waals surface area contributed by atoms with E-state index in [9.17, 15) is 4.79 Å². The number of rotatable bonds is 7. The lowest BCUT2D eigenvalue weighted by Crippen LogP contribution is -2.36. The highest BCUT2D eigenvalue weighted by atomic mass is 32.1. The molecular weight excluding hydrogens is 296 g/mol. The molecule has 0 spiro atoms. The summed E-state index contributed by atoms with van der Waals surface area (Å²) >= 11 is 1.74. The predicted molar refractivity (Wildman–Crippen MR) is 90.0 cm³/mol. The summed E-state index contributed by atoms with van der Waals surface area (Å²) in [5.74, 6) is 0. The minimum absolute atomic E-state index is 0.0589. The smallest absolute Gasteiger partial charge is 0.315 e. The Kier molecular flexibility index (Phi) is 6.43. The second kappa shape index (κ2) is 8.56. The molecule has 1 aromatic heterocycles. The van der Waals surface area contributed by atoms with E-state index < -0.39 is 0 Å². The van der Waals surface area contributed by atoms with Gasteiger partial charge in [-0.15, -0.1) is 11.3 Å². The molecule has 2 aromatic rings. The Labute approximate surface area is 135 Å². The maximum Gasteiger partial charge on any atom is 0.315 e. The molecule has 0 radical (unpaired) electrons. The molecule has 0 aliphatic carbocycles. The van der Waals surface area contributed by atoms with Gasteiger partial charge in [0.05, 0.1) is 13.2 Å². The van der Waals surface area contributed by atoms with Gasteiger partial charge in [-0.2, -0.15) is 0 Å². The average Bonchev–Trinajstić information content (AvgIpc) is 3.02. The van der Waals surface area contributed by atoms with Gasteiger partial charge in [0.1, 0.15) is 0 Å². The number of nitrogens with one attached hydrogen (secondary N) is 2. The molecule has 4 nitrogen and oxygen atoms in total. The van der Waals surface area contributed by atoms with Crippen LogP contribution < -0.4 is 10.6 Å². The topological polar surface area (TPSA) is 61.4 Å². The van der Waals surface area contributed by atoms with Gasteiger partial charge < -0.3 is 15.7 Å². The highest BCUT2D eigenvalue weighted by Gasteiger charge is 2.03. The molecule has 0 unspecified atom stereocenters. The molecule has 3 N–H and O–H groups in total. The van der Waals surface area contributed by atoms with Crippen molar-refractivity contribution >= 4 is 17.4 Å². The van der Waals surface area contributed by atoms with Crippen molar-refractivity contribution in [1.29, 1.82) is 0 Å². The number of aliphatic hydroxyl groups excluding tert-OH is 1. The normalized spacial score (nSPS) is 10.5.